The molecule has 0 aliphatic rings. The number of thiocarbonyl (C=S) groups is 1. The molecule has 0 rings (SSSR count). The highest BCUT2D eigenvalue weighted by Gasteiger charge is 1.96. The Morgan fingerprint density at radius 3 is 2.42 bits per heavy atom. The zero-order valence-corrected chi connectivity index (χ0v) is 8.58. The second-order valence-corrected chi connectivity index (χ2v) is 2.88. The van der Waals surface area contributed by atoms with Gasteiger partial charge in [0.05, 0.1) is 0 Å². The van der Waals surface area contributed by atoms with Crippen molar-refractivity contribution in [3.63, 3.8) is 0 Å². The third-order valence-corrected chi connectivity index (χ3v) is 1.76. The highest BCUT2D eigenvalue weighted by atomic mass is 32.1. The van der Waals surface area contributed by atoms with E-state index in [1.807, 2.05) is 0 Å². The Hall–Kier alpha value is -0.390. The summed E-state index contributed by atoms with van der Waals surface area (Å²) in [7, 11) is 0. The summed E-state index contributed by atoms with van der Waals surface area (Å²) in [4.78, 5) is 2.31. The molecule has 0 heterocycles. The summed E-state index contributed by atoms with van der Waals surface area (Å²) in [6.45, 7) is 8.28. The zero-order valence-electron chi connectivity index (χ0n) is 7.76. The third kappa shape index (κ3) is 6.33. The molecule has 5 heteroatoms. The van der Waals surface area contributed by atoms with Gasteiger partial charge in [0.25, 0.3) is 0 Å². The Morgan fingerprint density at radius 1 is 1.42 bits per heavy atom. The lowest BCUT2D eigenvalue weighted by molar-refractivity contribution is 0.300. The summed E-state index contributed by atoms with van der Waals surface area (Å²) < 4.78 is 0. The van der Waals surface area contributed by atoms with Gasteiger partial charge in [0.1, 0.15) is 0 Å². The van der Waals surface area contributed by atoms with Gasteiger partial charge in [-0.2, -0.15) is 0 Å². The van der Waals surface area contributed by atoms with Crippen LogP contribution in [0.25, 0.3) is 0 Å². The Labute approximate surface area is 79.5 Å². The first-order valence-electron chi connectivity index (χ1n) is 4.21. The normalized spacial score (nSPS) is 10.2. The number of nitrogens with one attached hydrogen (secondary N) is 2. The molecule has 0 spiro atoms. The number of nitrogens with zero attached hydrogens (tertiary/aromatic N) is 1. The third-order valence-electron chi connectivity index (χ3n) is 1.66. The molecule has 0 atom stereocenters. The van der Waals surface area contributed by atoms with Gasteiger partial charge in [-0.1, -0.05) is 13.8 Å². The lowest BCUT2D eigenvalue weighted by Gasteiger charge is -2.18. The highest BCUT2D eigenvalue weighted by molar-refractivity contribution is 7.80. The van der Waals surface area contributed by atoms with Crippen molar-refractivity contribution in [3.05, 3.63) is 0 Å². The largest absolute Gasteiger partial charge is 0.375 e. The van der Waals surface area contributed by atoms with Crippen molar-refractivity contribution in [1.29, 1.82) is 0 Å². The highest BCUT2D eigenvalue weighted by Crippen LogP contribution is 1.82. The van der Waals surface area contributed by atoms with Gasteiger partial charge in [0.15, 0.2) is 5.11 Å². The molecule has 0 unspecified atom stereocenters. The molecule has 12 heavy (non-hydrogen) atoms. The van der Waals surface area contributed by atoms with Gasteiger partial charge >= 0.3 is 0 Å². The Balaban J connectivity index is 3.23. The number of hydrogen-bond donors (Lipinski definition) is 3. The van der Waals surface area contributed by atoms with Gasteiger partial charge in [0.2, 0.25) is 0 Å². The van der Waals surface area contributed by atoms with Crippen LogP contribution in [0.5, 0.6) is 0 Å². The summed E-state index contributed by atoms with van der Waals surface area (Å²) in [5, 5.41) is 0.287. The first-order chi connectivity index (χ1) is 5.70. The van der Waals surface area contributed by atoms with Crippen LogP contribution in [0.15, 0.2) is 0 Å². The minimum absolute atomic E-state index is 0.287. The Kier molecular flexibility index (Phi) is 7.03. The number of hydrazine groups is 1. The number of likely N-dealkylation sites (N-methyl/N-ethyl adjacent to an activating group) is 1. The van der Waals surface area contributed by atoms with Crippen LogP contribution in [0.3, 0.4) is 0 Å². The molecule has 0 bridgehead atoms. The fourth-order valence-electron chi connectivity index (χ4n) is 0.903. The van der Waals surface area contributed by atoms with Gasteiger partial charge in [-0.3, -0.25) is 5.43 Å². The summed E-state index contributed by atoms with van der Waals surface area (Å²) in [6, 6.07) is 0. The van der Waals surface area contributed by atoms with Crippen molar-refractivity contribution in [3.8, 4) is 0 Å². The minimum atomic E-state index is 0.287. The van der Waals surface area contributed by atoms with E-state index in [-0.39, 0.29) is 5.11 Å². The molecule has 0 aromatic heterocycles. The summed E-state index contributed by atoms with van der Waals surface area (Å²) in [5.74, 6) is 0. The molecule has 4 N–H and O–H groups in total. The first kappa shape index (κ1) is 11.6. The monoisotopic (exact) mass is 190 g/mol. The Morgan fingerprint density at radius 2 is 2.00 bits per heavy atom. The number of nitrogens with two attached hydrogens (primary N) is 1. The molecule has 0 saturated carbocycles. The molecular formula is C7H18N4S. The lowest BCUT2D eigenvalue weighted by atomic mass is 10.5. The van der Waals surface area contributed by atoms with E-state index < -0.39 is 0 Å². The second-order valence-electron chi connectivity index (χ2n) is 2.44. The van der Waals surface area contributed by atoms with Crippen LogP contribution in [0.1, 0.15) is 13.8 Å². The molecule has 0 aliphatic heterocycles. The second kappa shape index (κ2) is 7.27. The van der Waals surface area contributed by atoms with Crippen molar-refractivity contribution in [2.75, 3.05) is 26.2 Å². The smallest absolute Gasteiger partial charge is 0.178 e. The number of hydrogen-bond acceptors (Lipinski definition) is 3. The van der Waals surface area contributed by atoms with E-state index in [0.717, 1.165) is 26.2 Å². The van der Waals surface area contributed by atoms with Crippen LogP contribution in [0, 0.1) is 0 Å². The van der Waals surface area contributed by atoms with E-state index in [1.165, 1.54) is 0 Å². The average molecular weight is 190 g/mol. The lowest BCUT2D eigenvalue weighted by Crippen LogP contribution is -2.44. The van der Waals surface area contributed by atoms with E-state index in [0.29, 0.717) is 0 Å². The van der Waals surface area contributed by atoms with E-state index in [4.69, 9.17) is 5.73 Å². The predicted octanol–water partition coefficient (Wildman–Crippen LogP) is -0.334. The first-order valence-corrected chi connectivity index (χ1v) is 4.62. The van der Waals surface area contributed by atoms with Gasteiger partial charge in [-0.15, -0.1) is 0 Å². The summed E-state index contributed by atoms with van der Waals surface area (Å²) in [5.41, 5.74) is 10.8. The molecule has 0 amide bonds. The fourth-order valence-corrected chi connectivity index (χ4v) is 0.976. The van der Waals surface area contributed by atoms with E-state index in [2.05, 4.69) is 41.8 Å². The van der Waals surface area contributed by atoms with Crippen LogP contribution in [-0.2, 0) is 0 Å². The Bertz CT molecular complexity index is 125. The van der Waals surface area contributed by atoms with Crippen molar-refractivity contribution in [2.24, 2.45) is 5.73 Å². The fraction of sp³-hybridized carbons (Fsp3) is 0.857. The number of rotatable bonds is 6. The van der Waals surface area contributed by atoms with Crippen molar-refractivity contribution < 1.29 is 0 Å². The van der Waals surface area contributed by atoms with E-state index in [9.17, 15) is 0 Å². The summed E-state index contributed by atoms with van der Waals surface area (Å²) in [6.07, 6.45) is 0. The topological polar surface area (TPSA) is 53.3 Å². The molecule has 0 fully saturated rings. The summed E-state index contributed by atoms with van der Waals surface area (Å²) >= 11 is 4.62. The van der Waals surface area contributed by atoms with Crippen molar-refractivity contribution >= 4 is 17.3 Å². The maximum Gasteiger partial charge on any atom is 0.178 e. The molecule has 0 aromatic rings. The minimum Gasteiger partial charge on any atom is -0.375 e. The van der Waals surface area contributed by atoms with E-state index >= 15 is 0 Å². The van der Waals surface area contributed by atoms with Crippen LogP contribution in [0.2, 0.25) is 0 Å². The van der Waals surface area contributed by atoms with Gasteiger partial charge in [-0.05, 0) is 25.3 Å². The SMILES string of the molecule is CCN(CC)CCNNC(N)=S. The molecule has 0 saturated heterocycles. The van der Waals surface area contributed by atoms with Crippen molar-refractivity contribution in [2.45, 2.75) is 13.8 Å². The van der Waals surface area contributed by atoms with Crippen LogP contribution in [-0.4, -0.2) is 36.2 Å². The molecule has 0 radical (unpaired) electrons. The van der Waals surface area contributed by atoms with Gasteiger partial charge in [0, 0.05) is 13.1 Å². The standard InChI is InChI=1S/C7H18N4S/c1-3-11(4-2)6-5-9-10-7(8)12/h9H,3-6H2,1-2H3,(H3,8,10,12). The average Bonchev–Trinajstić information content (AvgIpc) is 2.04. The quantitative estimate of drug-likeness (QED) is 0.304. The van der Waals surface area contributed by atoms with E-state index in [1.54, 1.807) is 0 Å². The van der Waals surface area contributed by atoms with Crippen molar-refractivity contribution in [1.82, 2.24) is 15.8 Å². The molecule has 4 nitrogen and oxygen atoms in total. The van der Waals surface area contributed by atoms with Crippen LogP contribution in [0.4, 0.5) is 0 Å². The molecule has 0 aliphatic carbocycles. The van der Waals surface area contributed by atoms with Crippen LogP contribution < -0.4 is 16.6 Å². The van der Waals surface area contributed by atoms with Gasteiger partial charge in [-0.25, -0.2) is 5.43 Å². The molecule has 0 aromatic carbocycles. The maximum absolute atomic E-state index is 5.22. The maximum atomic E-state index is 5.22. The molecule has 72 valence electrons. The van der Waals surface area contributed by atoms with Gasteiger partial charge < -0.3 is 10.6 Å². The predicted molar refractivity (Wildman–Crippen MR) is 55.7 cm³/mol. The van der Waals surface area contributed by atoms with Crippen LogP contribution >= 0.6 is 12.2 Å². The zero-order chi connectivity index (χ0) is 9.40. The molecular weight excluding hydrogens is 172 g/mol.